The van der Waals surface area contributed by atoms with Gasteiger partial charge in [0, 0.05) is 12.0 Å². The van der Waals surface area contributed by atoms with Gasteiger partial charge in [-0.25, -0.2) is 4.98 Å². The molecule has 4 aromatic rings. The van der Waals surface area contributed by atoms with Gasteiger partial charge in [0.05, 0.1) is 33.4 Å². The van der Waals surface area contributed by atoms with E-state index in [9.17, 15) is 19.8 Å². The lowest BCUT2D eigenvalue weighted by Crippen LogP contribution is -2.29. The summed E-state index contributed by atoms with van der Waals surface area (Å²) < 4.78 is 12.3. The third-order valence-electron chi connectivity index (χ3n) is 6.94. The Labute approximate surface area is 236 Å². The van der Waals surface area contributed by atoms with Crippen molar-refractivity contribution in [2.45, 2.75) is 32.4 Å². The van der Waals surface area contributed by atoms with Crippen LogP contribution in [0, 0.1) is 6.92 Å². The van der Waals surface area contributed by atoms with E-state index < -0.39 is 17.7 Å². The average Bonchev–Trinajstić information content (AvgIpc) is 3.57. The first kappa shape index (κ1) is 25.4. The molecule has 1 amide bonds. The number of hydrogen-bond donors (Lipinski definition) is 2. The smallest absolute Gasteiger partial charge is 0.301 e. The number of aromatic nitrogens is 1. The Morgan fingerprint density at radius 2 is 1.97 bits per heavy atom. The van der Waals surface area contributed by atoms with Crippen LogP contribution in [0.5, 0.6) is 17.2 Å². The largest absolute Gasteiger partial charge is 0.507 e. The number of halogens is 1. The van der Waals surface area contributed by atoms with Gasteiger partial charge in [0.1, 0.15) is 17.6 Å². The molecule has 6 rings (SSSR count). The van der Waals surface area contributed by atoms with Crippen LogP contribution in [0.15, 0.2) is 58.6 Å². The van der Waals surface area contributed by atoms with E-state index in [0.29, 0.717) is 32.7 Å². The third-order valence-corrected chi connectivity index (χ3v) is 8.56. The van der Waals surface area contributed by atoms with E-state index in [2.05, 4.69) is 20.9 Å². The van der Waals surface area contributed by atoms with Crippen molar-refractivity contribution >= 4 is 60.1 Å². The van der Waals surface area contributed by atoms with Crippen LogP contribution in [-0.2, 0) is 16.0 Å². The maximum atomic E-state index is 13.6. The zero-order valence-corrected chi connectivity index (χ0v) is 23.6. The van der Waals surface area contributed by atoms with Gasteiger partial charge in [-0.3, -0.25) is 14.5 Å². The lowest BCUT2D eigenvalue weighted by atomic mass is 9.94. The number of fused-ring (bicyclic) bond motifs is 2. The van der Waals surface area contributed by atoms with Crippen molar-refractivity contribution in [3.63, 3.8) is 0 Å². The molecule has 39 heavy (non-hydrogen) atoms. The average molecular weight is 607 g/mol. The Morgan fingerprint density at radius 1 is 1.18 bits per heavy atom. The number of benzene rings is 3. The first-order chi connectivity index (χ1) is 18.7. The van der Waals surface area contributed by atoms with Crippen LogP contribution in [0.2, 0.25) is 0 Å². The highest BCUT2D eigenvalue weighted by atomic mass is 79.9. The Kier molecular flexibility index (Phi) is 6.11. The Hall–Kier alpha value is -3.89. The third kappa shape index (κ3) is 4.15. The topological polar surface area (TPSA) is 109 Å². The number of ketones is 1. The summed E-state index contributed by atoms with van der Waals surface area (Å²) in [5.41, 5.74) is 3.41. The van der Waals surface area contributed by atoms with Gasteiger partial charge in [-0.05, 0) is 88.9 Å². The van der Waals surface area contributed by atoms with Crippen molar-refractivity contribution in [3.8, 4) is 17.2 Å². The van der Waals surface area contributed by atoms with E-state index >= 15 is 0 Å². The highest BCUT2D eigenvalue weighted by Crippen LogP contribution is 2.47. The van der Waals surface area contributed by atoms with Crippen molar-refractivity contribution in [2.24, 2.45) is 0 Å². The predicted octanol–water partition coefficient (Wildman–Crippen LogP) is 6.03. The second-order valence-electron chi connectivity index (χ2n) is 9.65. The van der Waals surface area contributed by atoms with E-state index in [1.807, 2.05) is 32.0 Å². The molecule has 0 unspecified atom stereocenters. The van der Waals surface area contributed by atoms with Crippen LogP contribution >= 0.6 is 27.3 Å². The molecule has 2 aliphatic heterocycles. The Morgan fingerprint density at radius 3 is 2.74 bits per heavy atom. The first-order valence-electron chi connectivity index (χ1n) is 12.2. The molecule has 10 heteroatoms. The minimum atomic E-state index is -1.03. The maximum Gasteiger partial charge on any atom is 0.301 e. The second-order valence-corrected chi connectivity index (χ2v) is 11.5. The predicted molar refractivity (Wildman–Crippen MR) is 152 cm³/mol. The number of phenolic OH excluding ortho intramolecular Hbond substituents is 1. The standard InChI is InChI=1S/C29H23BrN2O6S/c1-13-4-6-19-22(8-13)39-29(31-19)32-24(17-11-18(30)26(34)21(12-17)37-3)23(27(35)28(32)36)25(33)15-5-7-20-16(10-15)9-14(2)38-20/h4-8,10-12,14,24,33-34H,9H2,1-3H3/t14-,24-/m0/s1. The summed E-state index contributed by atoms with van der Waals surface area (Å²) in [6, 6.07) is 13.1. The molecule has 8 nitrogen and oxygen atoms in total. The van der Waals surface area contributed by atoms with Gasteiger partial charge in [0.15, 0.2) is 16.6 Å². The Balaban J connectivity index is 1.57. The number of thiazole rings is 1. The SMILES string of the molecule is COc1cc([C@H]2C(=C(O)c3ccc4c(c3)C[C@H](C)O4)C(=O)C(=O)N2c2nc3ccc(C)cc3s2)cc(Br)c1O. The molecule has 1 fully saturated rings. The summed E-state index contributed by atoms with van der Waals surface area (Å²) in [6.45, 7) is 3.92. The van der Waals surface area contributed by atoms with Crippen LogP contribution in [0.3, 0.4) is 0 Å². The fourth-order valence-electron chi connectivity index (χ4n) is 5.10. The van der Waals surface area contributed by atoms with Crippen LogP contribution < -0.4 is 14.4 Å². The van der Waals surface area contributed by atoms with Gasteiger partial charge in [-0.2, -0.15) is 0 Å². The minimum absolute atomic E-state index is 0.00691. The number of carbonyl (C=O) groups is 2. The minimum Gasteiger partial charge on any atom is -0.507 e. The number of aromatic hydroxyl groups is 1. The highest BCUT2D eigenvalue weighted by molar-refractivity contribution is 9.10. The molecule has 3 heterocycles. The maximum absolute atomic E-state index is 13.6. The molecule has 0 spiro atoms. The quantitative estimate of drug-likeness (QED) is 0.166. The molecule has 1 saturated heterocycles. The molecule has 0 aliphatic carbocycles. The normalized spacial score (nSPS) is 19.9. The number of carbonyl (C=O) groups excluding carboxylic acids is 2. The summed E-state index contributed by atoms with van der Waals surface area (Å²) in [5.74, 6) is -1.19. The van der Waals surface area contributed by atoms with Crippen molar-refractivity contribution in [1.82, 2.24) is 4.98 Å². The van der Waals surface area contributed by atoms with Gasteiger partial charge in [0.2, 0.25) is 0 Å². The molecule has 0 bridgehead atoms. The zero-order valence-electron chi connectivity index (χ0n) is 21.2. The monoisotopic (exact) mass is 606 g/mol. The number of anilines is 1. The molecular weight excluding hydrogens is 584 g/mol. The van der Waals surface area contributed by atoms with Crippen LogP contribution in [0.4, 0.5) is 5.13 Å². The number of aliphatic hydroxyl groups excluding tert-OH is 1. The number of phenols is 1. The van der Waals surface area contributed by atoms with Crippen LogP contribution in [0.1, 0.15) is 35.2 Å². The summed E-state index contributed by atoms with van der Waals surface area (Å²) in [6.07, 6.45) is 0.675. The summed E-state index contributed by atoms with van der Waals surface area (Å²) >= 11 is 4.63. The fraction of sp³-hybridized carbons (Fsp3) is 0.207. The summed E-state index contributed by atoms with van der Waals surface area (Å²) in [4.78, 5) is 33.2. The molecule has 0 radical (unpaired) electrons. The van der Waals surface area contributed by atoms with Gasteiger partial charge >= 0.3 is 5.91 Å². The van der Waals surface area contributed by atoms with Crippen molar-refractivity contribution < 1.29 is 29.3 Å². The highest BCUT2D eigenvalue weighted by Gasteiger charge is 2.48. The van der Waals surface area contributed by atoms with E-state index in [0.717, 1.165) is 21.6 Å². The molecule has 2 N–H and O–H groups in total. The number of nitrogens with zero attached hydrogens (tertiary/aromatic N) is 2. The number of amides is 1. The first-order valence-corrected chi connectivity index (χ1v) is 13.8. The Bertz CT molecular complexity index is 1730. The molecule has 198 valence electrons. The number of Topliss-reactive ketones (excluding diaryl/α,β-unsaturated/α-hetero) is 1. The number of methoxy groups -OCH3 is 1. The van der Waals surface area contributed by atoms with E-state index in [1.54, 1.807) is 30.3 Å². The van der Waals surface area contributed by atoms with Crippen LogP contribution in [0.25, 0.3) is 16.0 Å². The van der Waals surface area contributed by atoms with Gasteiger partial charge in [-0.15, -0.1) is 0 Å². The molecular formula is C29H23BrN2O6S. The lowest BCUT2D eigenvalue weighted by Gasteiger charge is -2.24. The number of aliphatic hydroxyl groups is 1. The van der Waals surface area contributed by atoms with E-state index in [1.165, 1.54) is 23.3 Å². The molecule has 3 aromatic carbocycles. The second kappa shape index (κ2) is 9.39. The van der Waals surface area contributed by atoms with Crippen molar-refractivity contribution in [3.05, 3.63) is 80.8 Å². The molecule has 2 atom stereocenters. The van der Waals surface area contributed by atoms with Gasteiger partial charge in [0.25, 0.3) is 5.78 Å². The van der Waals surface area contributed by atoms with Crippen LogP contribution in [-0.4, -0.2) is 40.1 Å². The fourth-order valence-corrected chi connectivity index (χ4v) is 6.65. The summed E-state index contributed by atoms with van der Waals surface area (Å²) in [7, 11) is 1.41. The summed E-state index contributed by atoms with van der Waals surface area (Å²) in [5, 5.41) is 22.3. The molecule has 1 aromatic heterocycles. The molecule has 0 saturated carbocycles. The number of hydrogen-bond acceptors (Lipinski definition) is 8. The van der Waals surface area contributed by atoms with Crippen molar-refractivity contribution in [1.29, 1.82) is 0 Å². The molecule has 2 aliphatic rings. The number of ether oxygens (including phenoxy) is 2. The van der Waals surface area contributed by atoms with E-state index in [-0.39, 0.29) is 28.9 Å². The number of rotatable bonds is 4. The lowest BCUT2D eigenvalue weighted by molar-refractivity contribution is -0.132. The van der Waals surface area contributed by atoms with E-state index in [4.69, 9.17) is 9.47 Å². The zero-order chi connectivity index (χ0) is 27.6. The van der Waals surface area contributed by atoms with Crippen molar-refractivity contribution in [2.75, 3.05) is 12.0 Å². The van der Waals surface area contributed by atoms with Gasteiger partial charge < -0.3 is 19.7 Å². The van der Waals surface area contributed by atoms with Gasteiger partial charge in [-0.1, -0.05) is 17.4 Å². The number of aryl methyl sites for hydroxylation is 1.